The molecule has 0 atom stereocenters. The minimum atomic E-state index is -4.11. The molecule has 0 unspecified atom stereocenters. The Labute approximate surface area is 212 Å². The van der Waals surface area contributed by atoms with Gasteiger partial charge in [-0.1, -0.05) is 154 Å². The third-order valence-electron chi connectivity index (χ3n) is 6.98. The lowest BCUT2D eigenvalue weighted by Gasteiger charge is -2.07. The lowest BCUT2D eigenvalue weighted by molar-refractivity contribution is 0.481. The maximum absolute atomic E-state index is 11.4. The second-order valence-corrected chi connectivity index (χ2v) is 12.1. The van der Waals surface area contributed by atoms with Gasteiger partial charge in [-0.05, 0) is 30.4 Å². The van der Waals surface area contributed by atoms with Crippen LogP contribution in [0.1, 0.15) is 148 Å². The van der Waals surface area contributed by atoms with E-state index in [1.165, 1.54) is 122 Å². The van der Waals surface area contributed by atoms with E-state index in [9.17, 15) is 13.0 Å². The van der Waals surface area contributed by atoms with Crippen molar-refractivity contribution >= 4 is 10.1 Å². The van der Waals surface area contributed by atoms with Crippen molar-refractivity contribution in [2.24, 2.45) is 5.92 Å². The van der Waals surface area contributed by atoms with E-state index in [0.29, 0.717) is 6.42 Å². The number of hydrogen-bond donors (Lipinski definition) is 1. The number of aryl methyl sites for hydroxylation is 1. The average Bonchev–Trinajstić information content (AvgIpc) is 2.79. The van der Waals surface area contributed by atoms with E-state index >= 15 is 0 Å². The Hall–Kier alpha value is -0.870. The minimum absolute atomic E-state index is 0.0675. The summed E-state index contributed by atoms with van der Waals surface area (Å²) in [5.41, 5.74) is 0.734. The van der Waals surface area contributed by atoms with Crippen molar-refractivity contribution in [1.82, 2.24) is 0 Å². The topological polar surface area (TPSA) is 54.4 Å². The van der Waals surface area contributed by atoms with E-state index in [2.05, 4.69) is 13.8 Å². The molecule has 0 aliphatic carbocycles. The van der Waals surface area contributed by atoms with Crippen molar-refractivity contribution in [3.8, 4) is 0 Å². The van der Waals surface area contributed by atoms with Crippen LogP contribution in [0.3, 0.4) is 0 Å². The van der Waals surface area contributed by atoms with E-state index in [4.69, 9.17) is 0 Å². The van der Waals surface area contributed by atoms with E-state index < -0.39 is 10.1 Å². The van der Waals surface area contributed by atoms with Gasteiger partial charge in [0.25, 0.3) is 10.1 Å². The summed E-state index contributed by atoms with van der Waals surface area (Å²) in [7, 11) is -4.11. The normalized spacial score (nSPS) is 12.0. The van der Waals surface area contributed by atoms with Crippen molar-refractivity contribution in [1.29, 1.82) is 0 Å². The predicted molar refractivity (Wildman–Crippen MR) is 147 cm³/mol. The second-order valence-electron chi connectivity index (χ2n) is 10.7. The smallest absolute Gasteiger partial charge is 0.282 e. The Kier molecular flexibility index (Phi) is 18.6. The van der Waals surface area contributed by atoms with Crippen LogP contribution in [0.15, 0.2) is 29.2 Å². The van der Waals surface area contributed by atoms with E-state index in [0.717, 1.165) is 24.3 Å². The van der Waals surface area contributed by atoms with Crippen LogP contribution in [0.25, 0.3) is 0 Å². The van der Waals surface area contributed by atoms with Crippen LogP contribution in [0, 0.1) is 5.92 Å². The van der Waals surface area contributed by atoms with Gasteiger partial charge in [0.15, 0.2) is 0 Å². The van der Waals surface area contributed by atoms with Crippen LogP contribution in [0.4, 0.5) is 0 Å². The lowest BCUT2D eigenvalue weighted by atomic mass is 10.0. The Morgan fingerprint density at radius 1 is 0.588 bits per heavy atom. The first-order valence-corrected chi connectivity index (χ1v) is 15.9. The van der Waals surface area contributed by atoms with Gasteiger partial charge in [-0.2, -0.15) is 8.42 Å². The summed E-state index contributed by atoms with van der Waals surface area (Å²) in [4.78, 5) is 0.0675. The van der Waals surface area contributed by atoms with Crippen molar-refractivity contribution in [3.05, 3.63) is 29.8 Å². The molecular formula is C30H54O3S. The summed E-state index contributed by atoms with van der Waals surface area (Å²) >= 11 is 0. The molecule has 0 aromatic heterocycles. The van der Waals surface area contributed by atoms with Crippen LogP contribution < -0.4 is 0 Å². The number of unbranched alkanes of at least 4 members (excludes halogenated alkanes) is 18. The fourth-order valence-corrected chi connectivity index (χ4v) is 5.59. The molecule has 3 nitrogen and oxygen atoms in total. The van der Waals surface area contributed by atoms with Crippen LogP contribution in [0.2, 0.25) is 0 Å². The van der Waals surface area contributed by atoms with E-state index in [1.807, 2.05) is 6.07 Å². The summed E-state index contributed by atoms with van der Waals surface area (Å²) in [5, 5.41) is 0. The molecule has 1 aromatic rings. The van der Waals surface area contributed by atoms with Gasteiger partial charge >= 0.3 is 0 Å². The van der Waals surface area contributed by atoms with Crippen LogP contribution in [0.5, 0.6) is 0 Å². The highest BCUT2D eigenvalue weighted by atomic mass is 32.2. The Morgan fingerprint density at radius 3 is 1.32 bits per heavy atom. The third-order valence-corrected chi connectivity index (χ3v) is 7.93. The lowest BCUT2D eigenvalue weighted by Crippen LogP contribution is -2.03. The molecule has 34 heavy (non-hydrogen) atoms. The SMILES string of the molecule is CC(C)CCCCCCCCCCCCCCCCCCCCCc1ccccc1S(=O)(=O)O. The van der Waals surface area contributed by atoms with E-state index in [1.54, 1.807) is 12.1 Å². The van der Waals surface area contributed by atoms with Crippen LogP contribution >= 0.6 is 0 Å². The predicted octanol–water partition coefficient (Wildman–Crippen LogP) is 9.93. The molecule has 0 aliphatic heterocycles. The zero-order chi connectivity index (χ0) is 24.9. The second kappa shape index (κ2) is 20.3. The zero-order valence-electron chi connectivity index (χ0n) is 22.4. The fourth-order valence-electron chi connectivity index (χ4n) is 4.84. The van der Waals surface area contributed by atoms with Crippen molar-refractivity contribution in [3.63, 3.8) is 0 Å². The Balaban J connectivity index is 1.80. The maximum atomic E-state index is 11.4. The summed E-state index contributed by atoms with van der Waals surface area (Å²) in [5.74, 6) is 0.871. The molecule has 1 rings (SSSR count). The standard InChI is InChI=1S/C30H54O3S/c1-28(2)24-20-18-16-14-12-10-8-6-4-3-5-7-9-11-13-15-17-19-21-25-29-26-22-23-27-30(29)34(31,32)33/h22-23,26-28H,3-21,24-25H2,1-2H3,(H,31,32,33). The maximum Gasteiger partial charge on any atom is 0.294 e. The highest BCUT2D eigenvalue weighted by Crippen LogP contribution is 2.19. The van der Waals surface area contributed by atoms with Gasteiger partial charge in [0, 0.05) is 0 Å². The molecule has 4 heteroatoms. The molecule has 0 heterocycles. The molecule has 0 aliphatic rings. The third kappa shape index (κ3) is 17.5. The minimum Gasteiger partial charge on any atom is -0.282 e. The van der Waals surface area contributed by atoms with Crippen LogP contribution in [-0.2, 0) is 16.5 Å². The fraction of sp³-hybridized carbons (Fsp3) is 0.800. The molecule has 0 fully saturated rings. The van der Waals surface area contributed by atoms with Gasteiger partial charge in [0.05, 0.1) is 4.90 Å². The molecule has 0 bridgehead atoms. The first-order valence-electron chi connectivity index (χ1n) is 14.5. The molecule has 198 valence electrons. The highest BCUT2D eigenvalue weighted by Gasteiger charge is 2.13. The zero-order valence-corrected chi connectivity index (χ0v) is 23.2. The summed E-state index contributed by atoms with van der Waals surface area (Å²) < 4.78 is 32.2. The van der Waals surface area contributed by atoms with Crippen molar-refractivity contribution in [2.75, 3.05) is 0 Å². The summed E-state index contributed by atoms with van der Waals surface area (Å²) in [6.07, 6.45) is 27.9. The van der Waals surface area contributed by atoms with Crippen molar-refractivity contribution < 1.29 is 13.0 Å². The van der Waals surface area contributed by atoms with Gasteiger partial charge in [-0.25, -0.2) is 0 Å². The Bertz CT molecular complexity index is 697. The largest absolute Gasteiger partial charge is 0.294 e. The molecule has 0 amide bonds. The van der Waals surface area contributed by atoms with Gasteiger partial charge < -0.3 is 0 Å². The molecule has 1 N–H and O–H groups in total. The molecule has 0 saturated carbocycles. The monoisotopic (exact) mass is 494 g/mol. The highest BCUT2D eigenvalue weighted by molar-refractivity contribution is 7.85. The van der Waals surface area contributed by atoms with Crippen LogP contribution in [-0.4, -0.2) is 13.0 Å². The first kappa shape index (κ1) is 31.2. The molecule has 0 saturated heterocycles. The van der Waals surface area contributed by atoms with Gasteiger partial charge in [-0.15, -0.1) is 0 Å². The Morgan fingerprint density at radius 2 is 0.941 bits per heavy atom. The van der Waals surface area contributed by atoms with Crippen molar-refractivity contribution in [2.45, 2.75) is 154 Å². The molecule has 0 spiro atoms. The number of rotatable bonds is 23. The quantitative estimate of drug-likeness (QED) is 0.122. The molecule has 1 aromatic carbocycles. The summed E-state index contributed by atoms with van der Waals surface area (Å²) in [6, 6.07) is 6.79. The molecular weight excluding hydrogens is 440 g/mol. The number of hydrogen-bond acceptors (Lipinski definition) is 2. The van der Waals surface area contributed by atoms with Gasteiger partial charge in [0.2, 0.25) is 0 Å². The number of benzene rings is 1. The molecule has 0 radical (unpaired) electrons. The van der Waals surface area contributed by atoms with Gasteiger partial charge in [-0.3, -0.25) is 4.55 Å². The van der Waals surface area contributed by atoms with Gasteiger partial charge in [0.1, 0.15) is 0 Å². The van der Waals surface area contributed by atoms with E-state index in [-0.39, 0.29) is 4.90 Å². The average molecular weight is 495 g/mol. The summed E-state index contributed by atoms with van der Waals surface area (Å²) in [6.45, 7) is 4.65. The first-order chi connectivity index (χ1) is 16.4.